The van der Waals surface area contributed by atoms with Gasteiger partial charge in [-0.25, -0.2) is 14.0 Å². The van der Waals surface area contributed by atoms with Crippen LogP contribution in [0.4, 0.5) is 9.18 Å². The van der Waals surface area contributed by atoms with Gasteiger partial charge in [0, 0.05) is 6.54 Å². The van der Waals surface area contributed by atoms with Crippen molar-refractivity contribution < 1.29 is 23.5 Å². The van der Waals surface area contributed by atoms with Crippen molar-refractivity contribution in [3.63, 3.8) is 0 Å². The number of methoxy groups -OCH3 is 1. The predicted molar refractivity (Wildman–Crippen MR) is 70.8 cm³/mol. The van der Waals surface area contributed by atoms with Gasteiger partial charge in [-0.2, -0.15) is 0 Å². The van der Waals surface area contributed by atoms with E-state index >= 15 is 0 Å². The van der Waals surface area contributed by atoms with E-state index in [2.05, 4.69) is 10.1 Å². The second-order valence-electron chi connectivity index (χ2n) is 5.16. The van der Waals surface area contributed by atoms with E-state index < -0.39 is 23.5 Å². The summed E-state index contributed by atoms with van der Waals surface area (Å²) >= 11 is 0. The third-order valence-corrected chi connectivity index (χ3v) is 2.27. The molecule has 110 valence electrons. The van der Waals surface area contributed by atoms with Crippen molar-refractivity contribution in [2.45, 2.75) is 32.9 Å². The molecule has 0 aliphatic carbocycles. The summed E-state index contributed by atoms with van der Waals surface area (Å²) in [4.78, 5) is 22.8. The molecule has 0 unspecified atom stereocenters. The van der Waals surface area contributed by atoms with Gasteiger partial charge in [0.25, 0.3) is 0 Å². The first-order valence-corrected chi connectivity index (χ1v) is 6.06. The molecule has 0 aliphatic rings. The van der Waals surface area contributed by atoms with Gasteiger partial charge >= 0.3 is 12.1 Å². The summed E-state index contributed by atoms with van der Waals surface area (Å²) < 4.78 is 23.0. The Balaban J connectivity index is 2.70. The number of halogens is 1. The van der Waals surface area contributed by atoms with Crippen LogP contribution >= 0.6 is 0 Å². The minimum absolute atomic E-state index is 0.124. The van der Waals surface area contributed by atoms with Gasteiger partial charge in [0.1, 0.15) is 11.4 Å². The fourth-order valence-electron chi connectivity index (χ4n) is 1.44. The van der Waals surface area contributed by atoms with Gasteiger partial charge in [-0.15, -0.1) is 0 Å². The van der Waals surface area contributed by atoms with E-state index in [1.54, 1.807) is 20.8 Å². The summed E-state index contributed by atoms with van der Waals surface area (Å²) in [5, 5.41) is 2.52. The van der Waals surface area contributed by atoms with Gasteiger partial charge in [-0.3, -0.25) is 0 Å². The lowest BCUT2D eigenvalue weighted by Crippen LogP contribution is -2.32. The van der Waals surface area contributed by atoms with Crippen molar-refractivity contribution in [2.75, 3.05) is 7.11 Å². The SMILES string of the molecule is COC(=O)c1cc(CNC(=O)OC(C)(C)C)ccc1F. The van der Waals surface area contributed by atoms with E-state index in [1.165, 1.54) is 19.2 Å². The lowest BCUT2D eigenvalue weighted by Gasteiger charge is -2.19. The Hall–Kier alpha value is -2.11. The second kappa shape index (κ2) is 6.36. The van der Waals surface area contributed by atoms with Crippen molar-refractivity contribution in [1.82, 2.24) is 5.32 Å². The smallest absolute Gasteiger partial charge is 0.407 e. The topological polar surface area (TPSA) is 64.6 Å². The zero-order valence-electron chi connectivity index (χ0n) is 12.0. The molecule has 20 heavy (non-hydrogen) atoms. The standard InChI is InChI=1S/C14H18FNO4/c1-14(2,3)20-13(18)16-8-9-5-6-11(15)10(7-9)12(17)19-4/h5-7H,8H2,1-4H3,(H,16,18). The number of alkyl carbamates (subject to hydrolysis) is 1. The normalized spacial score (nSPS) is 10.8. The van der Waals surface area contributed by atoms with Crippen LogP contribution in [-0.2, 0) is 16.0 Å². The molecule has 6 heteroatoms. The highest BCUT2D eigenvalue weighted by Gasteiger charge is 2.16. The average molecular weight is 283 g/mol. The highest BCUT2D eigenvalue weighted by Crippen LogP contribution is 2.12. The molecule has 0 spiro atoms. The average Bonchev–Trinajstić information content (AvgIpc) is 2.35. The van der Waals surface area contributed by atoms with Crippen molar-refractivity contribution in [2.24, 2.45) is 0 Å². The Labute approximate surface area is 117 Å². The van der Waals surface area contributed by atoms with Crippen LogP contribution in [0.3, 0.4) is 0 Å². The maximum absolute atomic E-state index is 13.4. The molecule has 1 rings (SSSR count). The molecule has 0 saturated carbocycles. The Bertz CT molecular complexity index is 508. The number of hydrogen-bond acceptors (Lipinski definition) is 4. The number of carbonyl (C=O) groups excluding carboxylic acids is 2. The lowest BCUT2D eigenvalue weighted by atomic mass is 10.1. The number of carbonyl (C=O) groups is 2. The summed E-state index contributed by atoms with van der Waals surface area (Å²) in [5.41, 5.74) is -0.196. The lowest BCUT2D eigenvalue weighted by molar-refractivity contribution is 0.0523. The Morgan fingerprint density at radius 1 is 1.30 bits per heavy atom. The number of ether oxygens (including phenoxy) is 2. The van der Waals surface area contributed by atoms with E-state index in [-0.39, 0.29) is 12.1 Å². The first kappa shape index (κ1) is 15.9. The maximum atomic E-state index is 13.4. The van der Waals surface area contributed by atoms with Gasteiger partial charge in [0.05, 0.1) is 12.7 Å². The quantitative estimate of drug-likeness (QED) is 0.866. The summed E-state index contributed by atoms with van der Waals surface area (Å²) in [5.74, 6) is -1.43. The number of amides is 1. The van der Waals surface area contributed by atoms with Crippen LogP contribution in [0, 0.1) is 5.82 Å². The van der Waals surface area contributed by atoms with Gasteiger partial charge in [0.15, 0.2) is 0 Å². The second-order valence-corrected chi connectivity index (χ2v) is 5.16. The Kier molecular flexibility index (Phi) is 5.07. The van der Waals surface area contributed by atoms with Crippen LogP contribution in [0.2, 0.25) is 0 Å². The molecule has 0 atom stereocenters. The maximum Gasteiger partial charge on any atom is 0.407 e. The summed E-state index contributed by atoms with van der Waals surface area (Å²) in [7, 11) is 1.17. The third kappa shape index (κ3) is 4.87. The molecular weight excluding hydrogens is 265 g/mol. The van der Waals surface area contributed by atoms with Crippen molar-refractivity contribution in [3.05, 3.63) is 35.1 Å². The number of rotatable bonds is 3. The molecule has 1 N–H and O–H groups in total. The molecule has 0 fully saturated rings. The largest absolute Gasteiger partial charge is 0.465 e. The van der Waals surface area contributed by atoms with Gasteiger partial charge < -0.3 is 14.8 Å². The Morgan fingerprint density at radius 3 is 2.50 bits per heavy atom. The van der Waals surface area contributed by atoms with E-state index in [0.29, 0.717) is 5.56 Å². The molecule has 0 heterocycles. The first-order valence-electron chi connectivity index (χ1n) is 6.06. The van der Waals surface area contributed by atoms with E-state index in [0.717, 1.165) is 6.07 Å². The minimum atomic E-state index is -0.762. The van der Waals surface area contributed by atoms with Crippen LogP contribution in [0.5, 0.6) is 0 Å². The molecule has 1 aromatic carbocycles. The zero-order chi connectivity index (χ0) is 15.3. The fraction of sp³-hybridized carbons (Fsp3) is 0.429. The molecule has 1 amide bonds. The van der Waals surface area contributed by atoms with E-state index in [9.17, 15) is 14.0 Å². The zero-order valence-corrected chi connectivity index (χ0v) is 12.0. The van der Waals surface area contributed by atoms with Gasteiger partial charge in [-0.05, 0) is 38.5 Å². The van der Waals surface area contributed by atoms with Crippen molar-refractivity contribution in [3.8, 4) is 0 Å². The third-order valence-electron chi connectivity index (χ3n) is 2.27. The molecule has 0 saturated heterocycles. The number of nitrogens with one attached hydrogen (secondary N) is 1. The molecular formula is C14H18FNO4. The fourth-order valence-corrected chi connectivity index (χ4v) is 1.44. The predicted octanol–water partition coefficient (Wildman–Crippen LogP) is 2.64. The number of hydrogen-bond donors (Lipinski definition) is 1. The highest BCUT2D eigenvalue weighted by atomic mass is 19.1. The van der Waals surface area contributed by atoms with E-state index in [4.69, 9.17) is 4.74 Å². The summed E-state index contributed by atoms with van der Waals surface area (Å²) in [6.45, 7) is 5.37. The van der Waals surface area contributed by atoms with Crippen LogP contribution in [0.1, 0.15) is 36.7 Å². The summed E-state index contributed by atoms with van der Waals surface area (Å²) in [6, 6.07) is 3.95. The van der Waals surface area contributed by atoms with Crippen molar-refractivity contribution >= 4 is 12.1 Å². The molecule has 0 aromatic heterocycles. The highest BCUT2D eigenvalue weighted by molar-refractivity contribution is 5.89. The first-order chi connectivity index (χ1) is 9.23. The monoisotopic (exact) mass is 283 g/mol. The van der Waals surface area contributed by atoms with Gasteiger partial charge in [0.2, 0.25) is 0 Å². The molecule has 0 bridgehead atoms. The minimum Gasteiger partial charge on any atom is -0.465 e. The van der Waals surface area contributed by atoms with E-state index in [1.807, 2.05) is 0 Å². The van der Waals surface area contributed by atoms with Crippen LogP contribution < -0.4 is 5.32 Å². The van der Waals surface area contributed by atoms with Crippen molar-refractivity contribution in [1.29, 1.82) is 0 Å². The van der Waals surface area contributed by atoms with Crippen LogP contribution in [-0.4, -0.2) is 24.8 Å². The molecule has 0 aliphatic heterocycles. The number of benzene rings is 1. The Morgan fingerprint density at radius 2 is 1.95 bits per heavy atom. The van der Waals surface area contributed by atoms with Crippen LogP contribution in [0.25, 0.3) is 0 Å². The molecule has 0 radical (unpaired) electrons. The summed E-state index contributed by atoms with van der Waals surface area (Å²) in [6.07, 6.45) is -0.582. The molecule has 5 nitrogen and oxygen atoms in total. The van der Waals surface area contributed by atoms with Gasteiger partial charge in [-0.1, -0.05) is 6.07 Å². The number of esters is 1. The van der Waals surface area contributed by atoms with Crippen LogP contribution in [0.15, 0.2) is 18.2 Å². The molecule has 1 aromatic rings.